The second kappa shape index (κ2) is 74.7. The van der Waals surface area contributed by atoms with Crippen LogP contribution in [-0.4, -0.2) is 359 Å². The maximum atomic E-state index is 15.0. The van der Waals surface area contributed by atoms with Crippen LogP contribution in [0.5, 0.6) is 0 Å². The van der Waals surface area contributed by atoms with Crippen molar-refractivity contribution in [2.24, 2.45) is 35.5 Å². The normalized spacial score (nSPS) is 15.0. The molecule has 0 saturated carbocycles. The Bertz CT molecular complexity index is 4100. The van der Waals surface area contributed by atoms with E-state index in [1.165, 1.54) is 26.2 Å². The van der Waals surface area contributed by atoms with Crippen molar-refractivity contribution < 1.29 is 134 Å². The number of halogens is 2. The van der Waals surface area contributed by atoms with Gasteiger partial charge in [0.25, 0.3) is 0 Å². The molecule has 38 heteroatoms. The first-order valence-corrected chi connectivity index (χ1v) is 51.8. The maximum absolute atomic E-state index is 15.0. The number of carbonyl (C=O) groups excluding carboxylic acids is 9. The number of hydrogen-bond acceptors (Lipinski definition) is 30. The summed E-state index contributed by atoms with van der Waals surface area (Å²) in [7, 11) is 7.87. The summed E-state index contributed by atoms with van der Waals surface area (Å²) < 4.78 is 101. The van der Waals surface area contributed by atoms with Crippen molar-refractivity contribution in [1.82, 2.24) is 35.3 Å². The number of aliphatic hydroxyl groups is 1. The Morgan fingerprint density at radius 2 is 1.03 bits per heavy atom. The number of aromatic nitrogens is 2. The fraction of sp³-hybridized carbons (Fsp3) is 0.716. The van der Waals surface area contributed by atoms with Crippen LogP contribution in [0.3, 0.4) is 0 Å². The lowest BCUT2D eigenvalue weighted by Crippen LogP contribution is -2.55. The maximum Gasteiger partial charge on any atom is 0.410 e. The molecule has 0 aliphatic carbocycles. The van der Waals surface area contributed by atoms with Crippen LogP contribution in [-0.2, 0) is 136 Å². The number of ether oxygens (including phenoxy) is 18. The molecule has 0 unspecified atom stereocenters. The van der Waals surface area contributed by atoms with E-state index in [0.717, 1.165) is 11.4 Å². The van der Waals surface area contributed by atoms with Crippen molar-refractivity contribution in [2.75, 3.05) is 245 Å². The highest BCUT2D eigenvalue weighted by atomic mass is 79.9. The van der Waals surface area contributed by atoms with Crippen LogP contribution in [0.1, 0.15) is 178 Å². The number of amides is 6. The van der Waals surface area contributed by atoms with Gasteiger partial charge in [0.1, 0.15) is 12.4 Å². The third-order valence-electron chi connectivity index (χ3n) is 24.2. The van der Waals surface area contributed by atoms with Gasteiger partial charge in [-0.1, -0.05) is 136 Å². The second-order valence-corrected chi connectivity index (χ2v) is 36.4. The molecular formula is C102H162Br2N8O28. The van der Waals surface area contributed by atoms with Gasteiger partial charge in [0.15, 0.2) is 11.6 Å². The lowest BCUT2D eigenvalue weighted by atomic mass is 9.83. The number of Topliss-reactive ketones (excluding diaryl/α,β-unsaturated/α-hetero) is 3. The number of likely N-dealkylation sites (tertiary alicyclic amines) is 1. The molecule has 0 radical (unpaired) electrons. The highest BCUT2D eigenvalue weighted by Crippen LogP contribution is 2.33. The minimum Gasteiger partial charge on any atom is -0.445 e. The summed E-state index contributed by atoms with van der Waals surface area (Å²) in [4.78, 5) is 140. The Morgan fingerprint density at radius 1 is 0.529 bits per heavy atom. The molecule has 1 aliphatic rings. The van der Waals surface area contributed by atoms with Gasteiger partial charge in [-0.2, -0.15) is 0 Å². The largest absolute Gasteiger partial charge is 0.445 e. The molecule has 36 nitrogen and oxygen atoms in total. The summed E-state index contributed by atoms with van der Waals surface area (Å²) in [5.41, 5.74) is 5.22. The Balaban J connectivity index is 1.01. The molecule has 1 saturated heterocycles. The average molecular weight is 2110 g/mol. The molecular weight excluding hydrogens is 1940 g/mol. The number of hydrogen-bond donors (Lipinski definition) is 4. The van der Waals surface area contributed by atoms with Crippen molar-refractivity contribution in [3.8, 4) is 0 Å². The fourth-order valence-corrected chi connectivity index (χ4v) is 17.0. The third-order valence-corrected chi connectivity index (χ3v) is 25.2. The van der Waals surface area contributed by atoms with E-state index in [1.54, 1.807) is 92.4 Å². The highest BCUT2D eigenvalue weighted by molar-refractivity contribution is 9.09. The number of aliphatic hydroxyl groups excluding tert-OH is 1. The van der Waals surface area contributed by atoms with Gasteiger partial charge in [0, 0.05) is 121 Å². The van der Waals surface area contributed by atoms with Crippen molar-refractivity contribution >= 4 is 102 Å². The van der Waals surface area contributed by atoms with E-state index in [9.17, 15) is 43.5 Å². The van der Waals surface area contributed by atoms with Gasteiger partial charge in [-0.15, -0.1) is 0 Å². The number of unbranched alkanes of at least 4 members (excludes halogenated alkanes) is 1. The average Bonchev–Trinajstić information content (AvgIpc) is 1.70. The number of ketones is 3. The van der Waals surface area contributed by atoms with E-state index in [4.69, 9.17) is 90.2 Å². The van der Waals surface area contributed by atoms with E-state index in [2.05, 4.69) is 52.8 Å². The van der Waals surface area contributed by atoms with E-state index in [-0.39, 0.29) is 136 Å². The summed E-state index contributed by atoms with van der Waals surface area (Å²) in [6.45, 7) is 27.4. The molecule has 0 bridgehead atoms. The Kier molecular flexibility index (Phi) is 65.8. The van der Waals surface area contributed by atoms with Gasteiger partial charge in [-0.3, -0.25) is 38.4 Å². The molecule has 1 fully saturated rings. The van der Waals surface area contributed by atoms with Crippen molar-refractivity contribution in [1.29, 1.82) is 0 Å². The third kappa shape index (κ3) is 48.7. The van der Waals surface area contributed by atoms with E-state index in [0.29, 0.717) is 267 Å². The molecule has 1 aliphatic heterocycles. The Hall–Kier alpha value is -7.13. The number of alkyl halides is 2. The van der Waals surface area contributed by atoms with Gasteiger partial charge >= 0.3 is 6.09 Å². The first-order valence-electron chi connectivity index (χ1n) is 49.5. The van der Waals surface area contributed by atoms with E-state index < -0.39 is 66.3 Å². The molecule has 792 valence electrons. The summed E-state index contributed by atoms with van der Waals surface area (Å²) >= 11 is 6.94. The summed E-state index contributed by atoms with van der Waals surface area (Å²) in [5, 5.41) is 21.0. The zero-order valence-corrected chi connectivity index (χ0v) is 88.3. The fourth-order valence-electron chi connectivity index (χ4n) is 16.1. The van der Waals surface area contributed by atoms with E-state index in [1.807, 2.05) is 59.7 Å². The van der Waals surface area contributed by atoms with E-state index >= 15 is 4.79 Å². The molecule has 3 aromatic carbocycles. The minimum absolute atomic E-state index is 0.0339. The van der Waals surface area contributed by atoms with Crippen molar-refractivity contribution in [2.45, 2.75) is 199 Å². The number of nitrogens with one attached hydrogen (secondary N) is 3. The molecule has 5 rings (SSSR count). The van der Waals surface area contributed by atoms with Crippen LogP contribution in [0, 0.1) is 35.5 Å². The predicted molar refractivity (Wildman–Crippen MR) is 536 cm³/mol. The second-order valence-electron chi connectivity index (χ2n) is 35.3. The smallest absolute Gasteiger partial charge is 0.410 e. The highest BCUT2D eigenvalue weighted by Gasteiger charge is 2.44. The number of benzene rings is 3. The first-order chi connectivity index (χ1) is 67.7. The number of fused-ring (bicyclic) bond motifs is 1. The lowest BCUT2D eigenvalue weighted by molar-refractivity contribution is -0.149. The van der Waals surface area contributed by atoms with Crippen LogP contribution >= 0.6 is 31.9 Å². The lowest BCUT2D eigenvalue weighted by Gasteiger charge is -2.41. The van der Waals surface area contributed by atoms with Gasteiger partial charge in [0.2, 0.25) is 29.5 Å². The standard InChI is InChI=1S/C102H162Br2N8O28/c1-14-75(6)96(92(124-12)69-94(117)112-36-20-25-89(112)98(125-13)76(7)99(119)106-77(8)97(118)79-22-16-15-17-23-79)110(9)101(121)84(73(2)3)68-91(115)95(74(4)5)111(10)102(122)140-72-78-27-30-82(31-28-78)107-100(120)81(66-83(113)33-38-127-43-42-126-37-21-26-90(114)80-29-32-85-86(67-80)109-88(71-104)87(70-103)108-85)24-18-19-35-105-93(116)34-39-128-44-45-130-48-49-132-52-53-134-56-57-136-60-61-138-64-65-139-63-62-137-59-58-135-55-54-133-51-50-131-47-46-129-41-40-123-11/h15-17,22-23,27-32,67,73-77,81,84,89,92,95-98,118H,14,18-21,24-26,33-66,68-72H2,1-13H3,(H,105,116)(H,106,119)(H,107,120)/t75-,76+,77+,81+,84-,89-,92+,95-,96-,97+,98+/m0/s1. The topological polar surface area (TPSA) is 412 Å². The Labute approximate surface area is 846 Å². The number of carbonyl (C=O) groups is 9. The molecule has 11 atom stereocenters. The van der Waals surface area contributed by atoms with Crippen LogP contribution in [0.2, 0.25) is 0 Å². The number of methoxy groups -OCH3 is 3. The van der Waals surface area contributed by atoms with Crippen LogP contribution in [0.25, 0.3) is 11.0 Å². The van der Waals surface area contributed by atoms with Crippen LogP contribution in [0.4, 0.5) is 10.5 Å². The molecule has 6 amide bonds. The van der Waals surface area contributed by atoms with Crippen molar-refractivity contribution in [3.05, 3.63) is 101 Å². The number of anilines is 1. The van der Waals surface area contributed by atoms with Gasteiger partial charge in [-0.25, -0.2) is 14.8 Å². The molecule has 0 spiro atoms. The first kappa shape index (κ1) is 123. The molecule has 1 aromatic heterocycles. The van der Waals surface area contributed by atoms with Crippen LogP contribution < -0.4 is 16.0 Å². The molecule has 4 N–H and O–H groups in total. The number of likely N-dealkylation sites (N-methyl/N-ethyl adjacent to an activating group) is 2. The predicted octanol–water partition coefficient (Wildman–Crippen LogP) is 11.5. The molecule has 140 heavy (non-hydrogen) atoms. The quantitative estimate of drug-likeness (QED) is 0.0181. The zero-order chi connectivity index (χ0) is 102. The number of rotatable bonds is 84. The van der Waals surface area contributed by atoms with Crippen LogP contribution in [0.15, 0.2) is 72.8 Å². The summed E-state index contributed by atoms with van der Waals surface area (Å²) in [6.07, 6.45) is 0.794. The van der Waals surface area contributed by atoms with Gasteiger partial charge in [0.05, 0.1) is 262 Å². The van der Waals surface area contributed by atoms with Gasteiger partial charge < -0.3 is 121 Å². The monoisotopic (exact) mass is 2100 g/mol. The molecule has 2 heterocycles. The minimum atomic E-state index is -0.975. The summed E-state index contributed by atoms with van der Waals surface area (Å²) in [6, 6.07) is 18.5. The number of nitrogens with zero attached hydrogens (tertiary/aromatic N) is 5. The summed E-state index contributed by atoms with van der Waals surface area (Å²) in [5.74, 6) is -5.06. The van der Waals surface area contributed by atoms with Crippen molar-refractivity contribution in [3.63, 3.8) is 0 Å². The zero-order valence-electron chi connectivity index (χ0n) is 85.1. The molecule has 4 aromatic rings. The SMILES string of the molecule is CC[C@H](C)[C@@H]([C@@H](CC(=O)N1CCC[C@H]1[C@H](OC)[C@@H](C)C(=O)N[C@H](C)[C@@H](O)c1ccccc1)OC)N(C)C(=O)[C@@H](CC(=O)[C@H](C(C)C)N(C)C(=O)OCc1ccc(NC(=O)[C@H](CCCCNC(=O)CCOCCOCCOCCOCCOCCOCCOCCOCCOCCOCCOCCOCCOC)CC(=O)CCOCCOCCCC(=O)c2ccc3nc(CBr)c(CBr)nc3c2)cc1)C(C)C. The Morgan fingerprint density at radius 3 is 1.51 bits per heavy atom. The van der Waals surface area contributed by atoms with Gasteiger partial charge in [-0.05, 0) is 98.2 Å².